The van der Waals surface area contributed by atoms with E-state index in [-0.39, 0.29) is 16.9 Å². The van der Waals surface area contributed by atoms with Gasteiger partial charge in [-0.1, -0.05) is 0 Å². The summed E-state index contributed by atoms with van der Waals surface area (Å²) in [5.41, 5.74) is -0.805. The third-order valence-corrected chi connectivity index (χ3v) is 2.97. The van der Waals surface area contributed by atoms with Crippen LogP contribution in [0.3, 0.4) is 0 Å². The lowest BCUT2D eigenvalue weighted by Crippen LogP contribution is -2.17. The van der Waals surface area contributed by atoms with Gasteiger partial charge in [-0.25, -0.2) is 4.39 Å². The van der Waals surface area contributed by atoms with Crippen molar-refractivity contribution in [1.29, 1.82) is 0 Å². The lowest BCUT2D eigenvalue weighted by molar-refractivity contribution is -0.274. The first kappa shape index (κ1) is 16.9. The molecule has 0 aliphatic carbocycles. The third-order valence-electron chi connectivity index (χ3n) is 2.97. The van der Waals surface area contributed by atoms with Crippen molar-refractivity contribution < 1.29 is 35.5 Å². The van der Waals surface area contributed by atoms with Crippen LogP contribution in [0.25, 0.3) is 16.9 Å². The van der Waals surface area contributed by atoms with E-state index in [1.165, 1.54) is 0 Å². The Morgan fingerprint density at radius 1 is 0.920 bits per heavy atom. The molecule has 2 aromatic heterocycles. The minimum atomic E-state index is -5.00. The fraction of sp³-hybridized carbons (Fsp3) is 0.154. The summed E-state index contributed by atoms with van der Waals surface area (Å²) in [6, 6.07) is 4.44. The summed E-state index contributed by atoms with van der Waals surface area (Å²) in [4.78, 5) is 0. The second-order valence-corrected chi connectivity index (χ2v) is 4.70. The highest BCUT2D eigenvalue weighted by Crippen LogP contribution is 2.30. The van der Waals surface area contributed by atoms with E-state index in [1.807, 2.05) is 0 Å². The summed E-state index contributed by atoms with van der Waals surface area (Å²) in [5, 5.41) is 9.86. The van der Waals surface area contributed by atoms with Crippen molar-refractivity contribution in [1.82, 2.24) is 19.8 Å². The number of nitrogens with zero attached hydrogens (tertiary/aromatic N) is 4. The van der Waals surface area contributed by atoms with Crippen LogP contribution in [0.15, 0.2) is 30.3 Å². The van der Waals surface area contributed by atoms with Crippen LogP contribution in [-0.2, 0) is 6.18 Å². The molecule has 3 aromatic rings. The first-order valence-electron chi connectivity index (χ1n) is 6.40. The molecule has 2 heterocycles. The van der Waals surface area contributed by atoms with Crippen LogP contribution in [0.1, 0.15) is 5.82 Å². The van der Waals surface area contributed by atoms with Crippen molar-refractivity contribution in [2.24, 2.45) is 0 Å². The fourth-order valence-electron chi connectivity index (χ4n) is 2.01. The molecule has 0 fully saturated rings. The van der Waals surface area contributed by atoms with Crippen molar-refractivity contribution in [3.63, 3.8) is 0 Å². The smallest absolute Gasteiger partial charge is 0.406 e. The normalized spacial score (nSPS) is 12.6. The maximum atomic E-state index is 14.0. The highest BCUT2D eigenvalue weighted by molar-refractivity contribution is 5.62. The molecule has 0 aliphatic rings. The summed E-state index contributed by atoms with van der Waals surface area (Å²) in [6.07, 6.45) is -9.84. The van der Waals surface area contributed by atoms with Crippen LogP contribution >= 0.6 is 0 Å². The second kappa shape index (κ2) is 5.57. The molecule has 132 valence electrons. The Hall–Kier alpha value is -2.92. The lowest BCUT2D eigenvalue weighted by Gasteiger charge is -2.10. The minimum absolute atomic E-state index is 0.228. The van der Waals surface area contributed by atoms with Crippen LogP contribution in [-0.4, -0.2) is 26.2 Å². The van der Waals surface area contributed by atoms with Gasteiger partial charge in [-0.3, -0.25) is 0 Å². The van der Waals surface area contributed by atoms with Crippen LogP contribution in [0, 0.1) is 5.82 Å². The summed E-state index contributed by atoms with van der Waals surface area (Å²) in [6.45, 7) is 0. The molecule has 0 unspecified atom stereocenters. The van der Waals surface area contributed by atoms with Crippen molar-refractivity contribution >= 4 is 5.65 Å². The molecular weight excluding hydrogens is 361 g/mol. The van der Waals surface area contributed by atoms with E-state index in [4.69, 9.17) is 0 Å². The zero-order valence-electron chi connectivity index (χ0n) is 11.7. The van der Waals surface area contributed by atoms with Gasteiger partial charge >= 0.3 is 12.5 Å². The number of rotatable bonds is 2. The van der Waals surface area contributed by atoms with E-state index in [0.717, 1.165) is 24.3 Å². The van der Waals surface area contributed by atoms with Crippen molar-refractivity contribution in [2.45, 2.75) is 12.5 Å². The van der Waals surface area contributed by atoms with Crippen LogP contribution in [0.2, 0.25) is 0 Å². The molecule has 25 heavy (non-hydrogen) atoms. The monoisotopic (exact) mass is 366 g/mol. The predicted molar refractivity (Wildman–Crippen MR) is 67.9 cm³/mol. The highest BCUT2D eigenvalue weighted by atomic mass is 19.4. The van der Waals surface area contributed by atoms with Gasteiger partial charge in [0, 0.05) is 11.6 Å². The number of hydrogen-bond donors (Lipinski definition) is 0. The number of benzene rings is 1. The van der Waals surface area contributed by atoms with Crippen molar-refractivity contribution in [3.05, 3.63) is 42.0 Å². The van der Waals surface area contributed by atoms with Gasteiger partial charge in [0.05, 0.1) is 5.69 Å². The maximum Gasteiger partial charge on any atom is 0.573 e. The minimum Gasteiger partial charge on any atom is -0.406 e. The number of alkyl halides is 6. The SMILES string of the molecule is Fc1cc(OC(F)(F)F)ccc1-c1ccc2nnc(C(F)(F)F)n2n1. The Balaban J connectivity index is 2.04. The van der Waals surface area contributed by atoms with Crippen molar-refractivity contribution in [2.75, 3.05) is 0 Å². The standard InChI is InChI=1S/C13H5F7N4O/c14-8-5-6(25-13(18,19)20)1-2-7(8)9-3-4-10-21-22-11(12(15,16)17)24(10)23-9/h1-5H. The van der Waals surface area contributed by atoms with E-state index >= 15 is 0 Å². The zero-order chi connectivity index (χ0) is 18.4. The van der Waals surface area contributed by atoms with Crippen LogP contribution < -0.4 is 4.74 Å². The molecular formula is C13H5F7N4O. The zero-order valence-corrected chi connectivity index (χ0v) is 11.7. The molecule has 12 heteroatoms. The molecule has 0 bridgehead atoms. The molecule has 0 saturated carbocycles. The van der Waals surface area contributed by atoms with E-state index < -0.39 is 29.9 Å². The predicted octanol–water partition coefficient (Wildman–Crippen LogP) is 3.85. The molecule has 0 amide bonds. The summed E-state index contributed by atoms with van der Waals surface area (Å²) >= 11 is 0. The Morgan fingerprint density at radius 3 is 2.24 bits per heavy atom. The Kier molecular flexibility index (Phi) is 3.77. The molecule has 5 nitrogen and oxygen atoms in total. The molecule has 0 aliphatic heterocycles. The van der Waals surface area contributed by atoms with Crippen LogP contribution in [0.4, 0.5) is 30.7 Å². The maximum absolute atomic E-state index is 14.0. The van der Waals surface area contributed by atoms with Gasteiger partial charge in [-0.15, -0.1) is 23.4 Å². The Labute approximate surface area is 133 Å². The van der Waals surface area contributed by atoms with Crippen molar-refractivity contribution in [3.8, 4) is 17.0 Å². The quantitative estimate of drug-likeness (QED) is 0.647. The van der Waals surface area contributed by atoms with Gasteiger partial charge in [0.15, 0.2) is 5.65 Å². The van der Waals surface area contributed by atoms with Gasteiger partial charge in [0.25, 0.3) is 5.82 Å². The number of ether oxygens (including phenoxy) is 1. The average molecular weight is 366 g/mol. The highest BCUT2D eigenvalue weighted by Gasteiger charge is 2.37. The summed E-state index contributed by atoms with van der Waals surface area (Å²) in [5.74, 6) is -3.38. The summed E-state index contributed by atoms with van der Waals surface area (Å²) < 4.78 is 92.7. The number of fused-ring (bicyclic) bond motifs is 1. The number of hydrogen-bond acceptors (Lipinski definition) is 4. The van der Waals surface area contributed by atoms with E-state index in [9.17, 15) is 30.7 Å². The van der Waals surface area contributed by atoms with Gasteiger partial charge in [0.2, 0.25) is 0 Å². The second-order valence-electron chi connectivity index (χ2n) is 4.70. The first-order chi connectivity index (χ1) is 11.5. The van der Waals surface area contributed by atoms with E-state index in [2.05, 4.69) is 20.0 Å². The van der Waals surface area contributed by atoms with Crippen LogP contribution in [0.5, 0.6) is 5.75 Å². The molecule has 3 rings (SSSR count). The largest absolute Gasteiger partial charge is 0.573 e. The molecule has 0 saturated heterocycles. The van der Waals surface area contributed by atoms with E-state index in [1.54, 1.807) is 0 Å². The average Bonchev–Trinajstić information content (AvgIpc) is 2.88. The van der Waals surface area contributed by atoms with Gasteiger partial charge in [-0.05, 0) is 24.3 Å². The van der Waals surface area contributed by atoms with Gasteiger partial charge in [-0.2, -0.15) is 22.8 Å². The Morgan fingerprint density at radius 2 is 1.64 bits per heavy atom. The molecule has 0 N–H and O–H groups in total. The van der Waals surface area contributed by atoms with Gasteiger partial charge < -0.3 is 4.74 Å². The topological polar surface area (TPSA) is 52.3 Å². The van der Waals surface area contributed by atoms with Gasteiger partial charge in [0.1, 0.15) is 11.6 Å². The third kappa shape index (κ3) is 3.46. The summed E-state index contributed by atoms with van der Waals surface area (Å²) in [7, 11) is 0. The Bertz CT molecular complexity index is 932. The molecule has 0 atom stereocenters. The lowest BCUT2D eigenvalue weighted by atomic mass is 10.1. The van der Waals surface area contributed by atoms with E-state index in [0.29, 0.717) is 10.6 Å². The fourth-order valence-corrected chi connectivity index (χ4v) is 2.01. The number of aromatic nitrogens is 4. The molecule has 0 radical (unpaired) electrons. The first-order valence-corrected chi connectivity index (χ1v) is 6.40. The molecule has 0 spiro atoms. The molecule has 1 aromatic carbocycles. The number of halogens is 7.